The van der Waals surface area contributed by atoms with E-state index in [9.17, 15) is 32.1 Å². The minimum atomic E-state index is -4.43. The molecule has 0 unspecified atom stereocenters. The number of hydrogen-bond acceptors (Lipinski definition) is 6. The maximum Gasteiger partial charge on any atom is 0.387 e. The smallest absolute Gasteiger partial charge is 0.387 e. The Morgan fingerprint density at radius 2 is 2.00 bits per heavy atom. The van der Waals surface area contributed by atoms with Gasteiger partial charge in [0.1, 0.15) is 0 Å². The number of rotatable bonds is 5. The van der Waals surface area contributed by atoms with Crippen molar-refractivity contribution in [1.82, 2.24) is 0 Å². The van der Waals surface area contributed by atoms with Crippen LogP contribution >= 0.6 is 0 Å². The number of nitro groups is 1. The molecule has 0 aliphatic carbocycles. The lowest BCUT2D eigenvalue weighted by molar-refractivity contribution is -0.386. The zero-order valence-corrected chi connectivity index (χ0v) is 9.76. The summed E-state index contributed by atoms with van der Waals surface area (Å²) in [7, 11) is -4.43. The van der Waals surface area contributed by atoms with Crippen molar-refractivity contribution in [3.8, 4) is 5.75 Å². The number of hydrogen-bond donors (Lipinski definition) is 1. The number of alkyl halides is 2. The number of ether oxygens (including phenoxy) is 1. The molecule has 19 heavy (non-hydrogen) atoms. The lowest BCUT2D eigenvalue weighted by atomic mass is 10.2. The number of nitrogens with two attached hydrogens (primary N) is 1. The Morgan fingerprint density at radius 3 is 2.37 bits per heavy atom. The molecule has 8 nitrogen and oxygen atoms in total. The molecule has 0 spiro atoms. The van der Waals surface area contributed by atoms with E-state index in [2.05, 4.69) is 4.74 Å². The average Bonchev–Trinajstić information content (AvgIpc) is 2.26. The lowest BCUT2D eigenvalue weighted by Crippen LogP contribution is -2.16. The van der Waals surface area contributed by atoms with E-state index < -0.39 is 43.5 Å². The number of carbonyl (C=O) groups is 1. The van der Waals surface area contributed by atoms with E-state index >= 15 is 0 Å². The molecule has 0 heterocycles. The largest absolute Gasteiger partial charge is 0.427 e. The van der Waals surface area contributed by atoms with Crippen molar-refractivity contribution in [3.63, 3.8) is 0 Å². The quantitative estimate of drug-likeness (QED) is 0.482. The maximum absolute atomic E-state index is 12.1. The summed E-state index contributed by atoms with van der Waals surface area (Å²) in [6.45, 7) is -3.41. The number of halogens is 2. The summed E-state index contributed by atoms with van der Waals surface area (Å²) in [5, 5.41) is 15.4. The van der Waals surface area contributed by atoms with Crippen LogP contribution in [-0.4, -0.2) is 26.2 Å². The Hall–Kier alpha value is -2.14. The summed E-state index contributed by atoms with van der Waals surface area (Å²) < 4.78 is 50.3. The summed E-state index contributed by atoms with van der Waals surface area (Å²) in [6.07, 6.45) is -0.00109. The van der Waals surface area contributed by atoms with E-state index in [0.717, 1.165) is 0 Å². The second-order valence-corrected chi connectivity index (χ2v) is 4.69. The van der Waals surface area contributed by atoms with Crippen LogP contribution in [-0.2, 0) is 10.0 Å². The van der Waals surface area contributed by atoms with Gasteiger partial charge >= 0.3 is 12.3 Å². The number of aldehydes is 1. The summed E-state index contributed by atoms with van der Waals surface area (Å²) in [5.41, 5.74) is -1.61. The van der Waals surface area contributed by atoms with Gasteiger partial charge in [-0.05, 0) is 0 Å². The van der Waals surface area contributed by atoms with E-state index in [-0.39, 0.29) is 6.29 Å². The second kappa shape index (κ2) is 5.24. The molecule has 0 aliphatic rings. The Balaban J connectivity index is 3.61. The molecule has 0 fully saturated rings. The number of primary sulfonamides is 1. The van der Waals surface area contributed by atoms with Crippen molar-refractivity contribution in [2.75, 3.05) is 0 Å². The van der Waals surface area contributed by atoms with Gasteiger partial charge in [0.25, 0.3) is 0 Å². The number of nitro benzene ring substituents is 1. The van der Waals surface area contributed by atoms with Crippen LogP contribution in [0.25, 0.3) is 0 Å². The fraction of sp³-hybridized carbons (Fsp3) is 0.125. The van der Waals surface area contributed by atoms with Crippen LogP contribution in [0.2, 0.25) is 0 Å². The van der Waals surface area contributed by atoms with Crippen LogP contribution in [0.15, 0.2) is 17.0 Å². The monoisotopic (exact) mass is 296 g/mol. The molecule has 104 valence electrons. The molecule has 0 atom stereocenters. The first-order chi connectivity index (χ1) is 8.66. The van der Waals surface area contributed by atoms with Gasteiger partial charge in [0, 0.05) is 17.7 Å². The van der Waals surface area contributed by atoms with Crippen molar-refractivity contribution in [2.45, 2.75) is 11.5 Å². The number of benzene rings is 1. The minimum absolute atomic E-state index is 0.00109. The zero-order valence-electron chi connectivity index (χ0n) is 8.95. The number of sulfonamides is 1. The van der Waals surface area contributed by atoms with Gasteiger partial charge < -0.3 is 4.74 Å². The van der Waals surface area contributed by atoms with Gasteiger partial charge in [0.05, 0.1) is 9.82 Å². The van der Waals surface area contributed by atoms with E-state index in [1.165, 1.54) is 0 Å². The van der Waals surface area contributed by atoms with Crippen molar-refractivity contribution in [1.29, 1.82) is 0 Å². The molecule has 0 radical (unpaired) electrons. The predicted octanol–water partition coefficient (Wildman–Crippen LogP) is 0.656. The third-order valence-electron chi connectivity index (χ3n) is 1.94. The van der Waals surface area contributed by atoms with Crippen LogP contribution in [0.4, 0.5) is 14.5 Å². The topological polar surface area (TPSA) is 130 Å². The van der Waals surface area contributed by atoms with Gasteiger partial charge in [-0.15, -0.1) is 0 Å². The molecule has 0 amide bonds. The molecule has 0 saturated heterocycles. The first-order valence-electron chi connectivity index (χ1n) is 4.42. The molecule has 1 rings (SSSR count). The molecular weight excluding hydrogens is 290 g/mol. The van der Waals surface area contributed by atoms with Crippen LogP contribution < -0.4 is 9.88 Å². The van der Waals surface area contributed by atoms with Gasteiger partial charge in [-0.1, -0.05) is 0 Å². The minimum Gasteiger partial charge on any atom is -0.427 e. The highest BCUT2D eigenvalue weighted by Gasteiger charge is 2.25. The zero-order chi connectivity index (χ0) is 14.8. The Morgan fingerprint density at radius 1 is 1.42 bits per heavy atom. The normalized spacial score (nSPS) is 11.4. The lowest BCUT2D eigenvalue weighted by Gasteiger charge is -2.08. The van der Waals surface area contributed by atoms with Crippen LogP contribution in [0.1, 0.15) is 10.4 Å². The number of carbonyl (C=O) groups excluding carboxylic acids is 1. The molecule has 0 aromatic heterocycles. The fourth-order valence-electron chi connectivity index (χ4n) is 1.24. The highest BCUT2D eigenvalue weighted by Crippen LogP contribution is 2.32. The number of nitrogens with zero attached hydrogens (tertiary/aromatic N) is 1. The molecule has 0 bridgehead atoms. The van der Waals surface area contributed by atoms with Gasteiger partial charge in [0.15, 0.2) is 6.29 Å². The van der Waals surface area contributed by atoms with Gasteiger partial charge in [-0.3, -0.25) is 14.9 Å². The predicted molar refractivity (Wildman–Crippen MR) is 56.5 cm³/mol. The Bertz CT molecular complexity index is 630. The van der Waals surface area contributed by atoms with E-state index in [0.29, 0.717) is 12.1 Å². The molecule has 0 saturated carbocycles. The standard InChI is InChI=1S/C8H6F2N2O6S/c9-8(10)18-6-2-7(19(11,16)17)4(3-13)1-5(6)12(14)15/h1-3,8H,(H2,11,16,17). The third-order valence-corrected chi connectivity index (χ3v) is 2.90. The molecule has 0 aliphatic heterocycles. The first kappa shape index (κ1) is 14.9. The molecule has 1 aromatic carbocycles. The maximum atomic E-state index is 12.1. The van der Waals surface area contributed by atoms with Crippen molar-refractivity contribution >= 4 is 22.0 Å². The Labute approximate surface area is 105 Å². The van der Waals surface area contributed by atoms with Crippen molar-refractivity contribution in [3.05, 3.63) is 27.8 Å². The van der Waals surface area contributed by atoms with Crippen molar-refractivity contribution < 1.29 is 31.7 Å². The summed E-state index contributed by atoms with van der Waals surface area (Å²) in [4.78, 5) is 19.3. The van der Waals surface area contributed by atoms with Gasteiger partial charge in [-0.2, -0.15) is 8.78 Å². The van der Waals surface area contributed by atoms with E-state index in [4.69, 9.17) is 5.14 Å². The molecule has 2 N–H and O–H groups in total. The highest BCUT2D eigenvalue weighted by molar-refractivity contribution is 7.89. The van der Waals surface area contributed by atoms with E-state index in [1.807, 2.05) is 0 Å². The highest BCUT2D eigenvalue weighted by atomic mass is 32.2. The van der Waals surface area contributed by atoms with Crippen molar-refractivity contribution in [2.24, 2.45) is 5.14 Å². The summed E-state index contributed by atoms with van der Waals surface area (Å²) >= 11 is 0. The van der Waals surface area contributed by atoms with Crippen LogP contribution in [0, 0.1) is 10.1 Å². The first-order valence-corrected chi connectivity index (χ1v) is 5.96. The summed E-state index contributed by atoms with van der Waals surface area (Å²) in [5.74, 6) is -1.00. The average molecular weight is 296 g/mol. The van der Waals surface area contributed by atoms with Crippen LogP contribution in [0.5, 0.6) is 5.75 Å². The van der Waals surface area contributed by atoms with Crippen LogP contribution in [0.3, 0.4) is 0 Å². The molecular formula is C8H6F2N2O6S. The SMILES string of the molecule is NS(=O)(=O)c1cc(OC(F)F)c([N+](=O)[O-])cc1C=O. The van der Waals surface area contributed by atoms with E-state index in [1.54, 1.807) is 0 Å². The Kier molecular flexibility index (Phi) is 4.11. The molecule has 1 aromatic rings. The summed E-state index contributed by atoms with van der Waals surface area (Å²) in [6, 6.07) is 0.897. The van der Waals surface area contributed by atoms with Gasteiger partial charge in [-0.25, -0.2) is 13.6 Å². The fourth-order valence-corrected chi connectivity index (χ4v) is 1.94. The molecule has 11 heteroatoms. The van der Waals surface area contributed by atoms with Gasteiger partial charge in [0.2, 0.25) is 15.8 Å². The second-order valence-electron chi connectivity index (χ2n) is 3.16. The third kappa shape index (κ3) is 3.42.